The fourth-order valence-electron chi connectivity index (χ4n) is 3.26. The van der Waals surface area contributed by atoms with E-state index in [1.807, 2.05) is 0 Å². The van der Waals surface area contributed by atoms with Crippen molar-refractivity contribution < 1.29 is 19.1 Å². The predicted octanol–water partition coefficient (Wildman–Crippen LogP) is 3.25. The first kappa shape index (κ1) is 17.4. The molecule has 0 heterocycles. The van der Waals surface area contributed by atoms with Gasteiger partial charge in [-0.3, -0.25) is 9.59 Å². The maximum atomic E-state index is 14.0. The Bertz CT molecular complexity index is 592. The molecule has 0 aromatic heterocycles. The van der Waals surface area contributed by atoms with E-state index in [2.05, 4.69) is 5.32 Å². The van der Waals surface area contributed by atoms with Gasteiger partial charge in [0, 0.05) is 12.1 Å². The van der Waals surface area contributed by atoms with Crippen molar-refractivity contribution in [2.24, 2.45) is 5.41 Å². The Morgan fingerprint density at radius 3 is 2.39 bits per heavy atom. The van der Waals surface area contributed by atoms with E-state index in [9.17, 15) is 19.1 Å². The average Bonchev–Trinajstić information content (AvgIpc) is 2.53. The molecule has 4 nitrogen and oxygen atoms in total. The summed E-state index contributed by atoms with van der Waals surface area (Å²) in [5.74, 6) is -1.65. The van der Waals surface area contributed by atoms with Crippen molar-refractivity contribution in [2.45, 2.75) is 51.4 Å². The van der Waals surface area contributed by atoms with Crippen LogP contribution in [0.3, 0.4) is 0 Å². The Kier molecular flexibility index (Phi) is 5.07. The molecule has 0 atom stereocenters. The molecule has 5 heteroatoms. The number of carboxylic acid groups (broad SMARTS) is 1. The smallest absolute Gasteiger partial charge is 0.311 e. The minimum absolute atomic E-state index is 0.0963. The summed E-state index contributed by atoms with van der Waals surface area (Å²) in [5, 5.41) is 12.3. The topological polar surface area (TPSA) is 66.4 Å². The van der Waals surface area contributed by atoms with E-state index < -0.39 is 22.6 Å². The highest BCUT2D eigenvalue weighted by molar-refractivity contribution is 5.88. The van der Waals surface area contributed by atoms with Crippen LogP contribution in [0.1, 0.15) is 51.5 Å². The molecule has 1 aliphatic rings. The molecule has 0 radical (unpaired) electrons. The number of amides is 1. The van der Waals surface area contributed by atoms with Gasteiger partial charge in [-0.1, -0.05) is 37.5 Å². The number of hydrogen-bond acceptors (Lipinski definition) is 2. The molecule has 126 valence electrons. The van der Waals surface area contributed by atoms with Gasteiger partial charge in [-0.05, 0) is 32.8 Å². The maximum absolute atomic E-state index is 14.0. The molecule has 1 aromatic rings. The van der Waals surface area contributed by atoms with Crippen molar-refractivity contribution in [3.8, 4) is 0 Å². The molecular formula is C18H24FNO3. The van der Waals surface area contributed by atoms with Crippen molar-refractivity contribution in [2.75, 3.05) is 6.54 Å². The number of nitrogens with one attached hydrogen (secondary N) is 1. The van der Waals surface area contributed by atoms with E-state index in [1.54, 1.807) is 32.0 Å². The lowest BCUT2D eigenvalue weighted by Gasteiger charge is -2.34. The van der Waals surface area contributed by atoms with Gasteiger partial charge in [-0.25, -0.2) is 4.39 Å². The van der Waals surface area contributed by atoms with Gasteiger partial charge in [0.05, 0.1) is 10.8 Å². The molecule has 0 spiro atoms. The Balaban J connectivity index is 2.11. The SMILES string of the molecule is CC(C)(C(=O)NCC1(C(=O)O)CCCCC1)c1ccccc1F. The van der Waals surface area contributed by atoms with Gasteiger partial charge in [0.25, 0.3) is 0 Å². The van der Waals surface area contributed by atoms with Crippen LogP contribution in [0.4, 0.5) is 4.39 Å². The van der Waals surface area contributed by atoms with Crippen LogP contribution in [0, 0.1) is 11.2 Å². The third-order valence-corrected chi connectivity index (χ3v) is 4.97. The predicted molar refractivity (Wildman–Crippen MR) is 85.6 cm³/mol. The summed E-state index contributed by atoms with van der Waals surface area (Å²) < 4.78 is 14.0. The van der Waals surface area contributed by atoms with E-state index in [0.29, 0.717) is 18.4 Å². The van der Waals surface area contributed by atoms with Crippen molar-refractivity contribution >= 4 is 11.9 Å². The van der Waals surface area contributed by atoms with E-state index in [0.717, 1.165) is 19.3 Å². The normalized spacial score (nSPS) is 17.5. The third kappa shape index (κ3) is 3.54. The van der Waals surface area contributed by atoms with Crippen molar-refractivity contribution in [1.29, 1.82) is 0 Å². The quantitative estimate of drug-likeness (QED) is 0.875. The number of halogens is 1. The molecule has 0 aliphatic heterocycles. The summed E-state index contributed by atoms with van der Waals surface area (Å²) >= 11 is 0. The van der Waals surface area contributed by atoms with Crippen molar-refractivity contribution in [3.05, 3.63) is 35.6 Å². The highest BCUT2D eigenvalue weighted by Crippen LogP contribution is 2.36. The summed E-state index contributed by atoms with van der Waals surface area (Å²) in [4.78, 5) is 24.2. The van der Waals surface area contributed by atoms with Gasteiger partial charge in [0.15, 0.2) is 0 Å². The van der Waals surface area contributed by atoms with Crippen LogP contribution in [0.15, 0.2) is 24.3 Å². The number of carboxylic acids is 1. The highest BCUT2D eigenvalue weighted by Gasteiger charge is 2.41. The van der Waals surface area contributed by atoms with Crippen LogP contribution < -0.4 is 5.32 Å². The molecule has 23 heavy (non-hydrogen) atoms. The lowest BCUT2D eigenvalue weighted by Crippen LogP contribution is -2.49. The standard InChI is InChI=1S/C18H24FNO3/c1-17(2,13-8-4-5-9-14(13)19)15(21)20-12-18(16(22)23)10-6-3-7-11-18/h4-5,8-9H,3,6-7,10-12H2,1-2H3,(H,20,21)(H,22,23). The summed E-state index contributed by atoms with van der Waals surface area (Å²) in [6.07, 6.45) is 3.90. The Labute approximate surface area is 136 Å². The van der Waals surface area contributed by atoms with Gasteiger partial charge in [0.1, 0.15) is 5.82 Å². The summed E-state index contributed by atoms with van der Waals surface area (Å²) in [5.41, 5.74) is -1.63. The van der Waals surface area contributed by atoms with Crippen LogP contribution in [0.25, 0.3) is 0 Å². The molecule has 0 saturated heterocycles. The zero-order valence-electron chi connectivity index (χ0n) is 13.7. The molecule has 2 N–H and O–H groups in total. The fourth-order valence-corrected chi connectivity index (χ4v) is 3.26. The fraction of sp³-hybridized carbons (Fsp3) is 0.556. The molecule has 1 fully saturated rings. The number of carbonyl (C=O) groups is 2. The number of aliphatic carboxylic acids is 1. The van der Waals surface area contributed by atoms with Gasteiger partial charge in [-0.15, -0.1) is 0 Å². The van der Waals surface area contributed by atoms with Gasteiger partial charge < -0.3 is 10.4 Å². The van der Waals surface area contributed by atoms with Crippen LogP contribution >= 0.6 is 0 Å². The van der Waals surface area contributed by atoms with E-state index in [-0.39, 0.29) is 12.5 Å². The Morgan fingerprint density at radius 1 is 1.22 bits per heavy atom. The lowest BCUT2D eigenvalue weighted by atomic mass is 9.73. The van der Waals surface area contributed by atoms with E-state index in [1.165, 1.54) is 6.07 Å². The molecular weight excluding hydrogens is 297 g/mol. The second-order valence-corrected chi connectivity index (χ2v) is 6.93. The van der Waals surface area contributed by atoms with Crippen LogP contribution in [-0.2, 0) is 15.0 Å². The summed E-state index contributed by atoms with van der Waals surface area (Å²) in [6.45, 7) is 3.39. The summed E-state index contributed by atoms with van der Waals surface area (Å²) in [6, 6.07) is 6.17. The molecule has 0 bridgehead atoms. The number of hydrogen-bond donors (Lipinski definition) is 2. The van der Waals surface area contributed by atoms with Crippen molar-refractivity contribution in [3.63, 3.8) is 0 Å². The van der Waals surface area contributed by atoms with Gasteiger partial charge in [-0.2, -0.15) is 0 Å². The largest absolute Gasteiger partial charge is 0.481 e. The molecule has 1 aromatic carbocycles. The zero-order valence-corrected chi connectivity index (χ0v) is 13.7. The molecule has 2 rings (SSSR count). The first-order chi connectivity index (χ1) is 10.8. The first-order valence-electron chi connectivity index (χ1n) is 8.06. The summed E-state index contributed by atoms with van der Waals surface area (Å²) in [7, 11) is 0. The number of benzene rings is 1. The van der Waals surface area contributed by atoms with Gasteiger partial charge >= 0.3 is 5.97 Å². The third-order valence-electron chi connectivity index (χ3n) is 4.97. The Hall–Kier alpha value is -1.91. The molecule has 1 saturated carbocycles. The van der Waals surface area contributed by atoms with E-state index >= 15 is 0 Å². The van der Waals surface area contributed by atoms with Crippen LogP contribution in [0.2, 0.25) is 0 Å². The van der Waals surface area contributed by atoms with Gasteiger partial charge in [0.2, 0.25) is 5.91 Å². The molecule has 1 aliphatic carbocycles. The first-order valence-corrected chi connectivity index (χ1v) is 8.06. The molecule has 0 unspecified atom stereocenters. The van der Waals surface area contributed by atoms with Crippen molar-refractivity contribution in [1.82, 2.24) is 5.32 Å². The minimum atomic E-state index is -1.06. The van der Waals surface area contributed by atoms with E-state index in [4.69, 9.17) is 0 Å². The Morgan fingerprint density at radius 2 is 1.83 bits per heavy atom. The second-order valence-electron chi connectivity index (χ2n) is 6.93. The lowest BCUT2D eigenvalue weighted by molar-refractivity contribution is -0.151. The average molecular weight is 321 g/mol. The minimum Gasteiger partial charge on any atom is -0.481 e. The second kappa shape index (κ2) is 6.69. The van der Waals surface area contributed by atoms with Crippen LogP contribution in [-0.4, -0.2) is 23.5 Å². The monoisotopic (exact) mass is 321 g/mol. The zero-order chi connectivity index (χ0) is 17.1. The van der Waals surface area contributed by atoms with Crippen LogP contribution in [0.5, 0.6) is 0 Å². The highest BCUT2D eigenvalue weighted by atomic mass is 19.1. The maximum Gasteiger partial charge on any atom is 0.311 e. The molecule has 1 amide bonds. The number of carbonyl (C=O) groups excluding carboxylic acids is 1. The number of rotatable bonds is 5.